The number of nitrogens with one attached hydrogen (secondary N) is 1. The number of ether oxygens (including phenoxy) is 1. The summed E-state index contributed by atoms with van der Waals surface area (Å²) in [6, 6.07) is 17.1. The molecule has 0 amide bonds. The Morgan fingerprint density at radius 2 is 1.96 bits per heavy atom. The van der Waals surface area contributed by atoms with Gasteiger partial charge >= 0.3 is 5.97 Å². The molecular formula is C19H18N4O2. The van der Waals surface area contributed by atoms with Gasteiger partial charge in [-0.15, -0.1) is 10.2 Å². The van der Waals surface area contributed by atoms with Crippen molar-refractivity contribution in [1.82, 2.24) is 15.2 Å². The standard InChI is InChI=1S/C19H18N4O2/c1-13-6-5-7-14(12-13)18(15-8-3-4-11-20-15)21-17-10-9-16(22-23-17)19(24)25-2/h3-12,18H,1-2H3,(H,21,23)/t18-/m0/s1. The third-order valence-corrected chi connectivity index (χ3v) is 3.71. The van der Waals surface area contributed by atoms with E-state index in [-0.39, 0.29) is 11.7 Å². The molecule has 0 aliphatic heterocycles. The van der Waals surface area contributed by atoms with Crippen LogP contribution in [0.2, 0.25) is 0 Å². The fourth-order valence-electron chi connectivity index (χ4n) is 2.50. The minimum atomic E-state index is -0.515. The van der Waals surface area contributed by atoms with E-state index in [0.717, 1.165) is 16.8 Å². The highest BCUT2D eigenvalue weighted by atomic mass is 16.5. The molecule has 0 fully saturated rings. The third kappa shape index (κ3) is 3.98. The SMILES string of the molecule is COC(=O)c1ccc(N[C@@H](c2cccc(C)c2)c2ccccn2)nn1. The Kier molecular flexibility index (Phi) is 4.99. The number of hydrogen-bond donors (Lipinski definition) is 1. The molecule has 0 aliphatic carbocycles. The first-order valence-electron chi connectivity index (χ1n) is 7.83. The van der Waals surface area contributed by atoms with Gasteiger partial charge < -0.3 is 10.1 Å². The molecule has 25 heavy (non-hydrogen) atoms. The molecule has 1 atom stereocenters. The summed E-state index contributed by atoms with van der Waals surface area (Å²) in [5.41, 5.74) is 3.26. The van der Waals surface area contributed by atoms with Crippen LogP contribution in [0.5, 0.6) is 0 Å². The van der Waals surface area contributed by atoms with Crippen LogP contribution in [-0.2, 0) is 4.74 Å². The van der Waals surface area contributed by atoms with E-state index in [2.05, 4.69) is 31.3 Å². The van der Waals surface area contributed by atoms with E-state index in [1.165, 1.54) is 7.11 Å². The Morgan fingerprint density at radius 1 is 1.08 bits per heavy atom. The predicted molar refractivity (Wildman–Crippen MR) is 94.3 cm³/mol. The molecule has 6 heteroatoms. The molecule has 0 saturated carbocycles. The minimum Gasteiger partial charge on any atom is -0.464 e. The predicted octanol–water partition coefficient (Wildman–Crippen LogP) is 3.17. The maximum absolute atomic E-state index is 11.5. The third-order valence-electron chi connectivity index (χ3n) is 3.71. The summed E-state index contributed by atoms with van der Waals surface area (Å²) in [5.74, 6) is 0.0313. The van der Waals surface area contributed by atoms with Crippen molar-refractivity contribution in [3.05, 3.63) is 83.3 Å². The summed E-state index contributed by atoms with van der Waals surface area (Å²) in [7, 11) is 1.31. The highest BCUT2D eigenvalue weighted by Crippen LogP contribution is 2.25. The zero-order valence-electron chi connectivity index (χ0n) is 14.0. The van der Waals surface area contributed by atoms with Gasteiger partial charge in [-0.1, -0.05) is 35.9 Å². The van der Waals surface area contributed by atoms with E-state index in [1.807, 2.05) is 43.3 Å². The summed E-state index contributed by atoms with van der Waals surface area (Å²) in [6.07, 6.45) is 1.76. The molecule has 0 saturated heterocycles. The number of benzene rings is 1. The molecule has 0 bridgehead atoms. The molecule has 1 N–H and O–H groups in total. The Balaban J connectivity index is 1.91. The lowest BCUT2D eigenvalue weighted by Crippen LogP contribution is -2.16. The van der Waals surface area contributed by atoms with E-state index in [9.17, 15) is 4.79 Å². The van der Waals surface area contributed by atoms with E-state index in [4.69, 9.17) is 0 Å². The van der Waals surface area contributed by atoms with Gasteiger partial charge in [0.15, 0.2) is 5.69 Å². The number of aromatic nitrogens is 3. The van der Waals surface area contributed by atoms with Crippen molar-refractivity contribution < 1.29 is 9.53 Å². The Labute approximate surface area is 145 Å². The summed E-state index contributed by atoms with van der Waals surface area (Å²) in [4.78, 5) is 15.9. The lowest BCUT2D eigenvalue weighted by molar-refractivity contribution is 0.0593. The molecule has 2 heterocycles. The molecule has 0 unspecified atom stereocenters. The van der Waals surface area contributed by atoms with Gasteiger partial charge in [0.05, 0.1) is 18.8 Å². The van der Waals surface area contributed by atoms with Crippen molar-refractivity contribution >= 4 is 11.8 Å². The van der Waals surface area contributed by atoms with Gasteiger partial charge in [-0.2, -0.15) is 0 Å². The minimum absolute atomic E-state index is 0.165. The second-order valence-corrected chi connectivity index (χ2v) is 5.54. The zero-order chi connectivity index (χ0) is 17.6. The van der Waals surface area contributed by atoms with Gasteiger partial charge in [-0.05, 0) is 36.8 Å². The van der Waals surface area contributed by atoms with E-state index < -0.39 is 5.97 Å². The maximum Gasteiger partial charge on any atom is 0.358 e. The van der Waals surface area contributed by atoms with Crippen LogP contribution in [0, 0.1) is 6.92 Å². The number of carbonyl (C=O) groups excluding carboxylic acids is 1. The first-order chi connectivity index (χ1) is 12.2. The van der Waals surface area contributed by atoms with E-state index in [1.54, 1.807) is 18.3 Å². The van der Waals surface area contributed by atoms with Crippen molar-refractivity contribution in [1.29, 1.82) is 0 Å². The first-order valence-corrected chi connectivity index (χ1v) is 7.83. The van der Waals surface area contributed by atoms with Gasteiger partial charge in [-0.25, -0.2) is 4.79 Å². The molecule has 0 radical (unpaired) electrons. The Bertz CT molecular complexity index is 851. The van der Waals surface area contributed by atoms with Crippen molar-refractivity contribution in [3.8, 4) is 0 Å². The second-order valence-electron chi connectivity index (χ2n) is 5.54. The summed E-state index contributed by atoms with van der Waals surface area (Å²) >= 11 is 0. The number of carbonyl (C=O) groups is 1. The van der Waals surface area contributed by atoms with Crippen LogP contribution in [0.1, 0.15) is 33.4 Å². The average Bonchev–Trinajstić information content (AvgIpc) is 2.66. The topological polar surface area (TPSA) is 77.0 Å². The number of methoxy groups -OCH3 is 1. The van der Waals surface area contributed by atoms with Crippen LogP contribution in [0.4, 0.5) is 5.82 Å². The molecule has 0 aliphatic rings. The van der Waals surface area contributed by atoms with Gasteiger partial charge in [0.2, 0.25) is 0 Å². The maximum atomic E-state index is 11.5. The highest BCUT2D eigenvalue weighted by molar-refractivity contribution is 5.86. The molecule has 6 nitrogen and oxygen atoms in total. The van der Waals surface area contributed by atoms with Crippen molar-refractivity contribution in [2.24, 2.45) is 0 Å². The van der Waals surface area contributed by atoms with Gasteiger partial charge in [-0.3, -0.25) is 4.98 Å². The summed E-state index contributed by atoms with van der Waals surface area (Å²) in [5, 5.41) is 11.3. The first kappa shape index (κ1) is 16.6. The number of nitrogens with zero attached hydrogens (tertiary/aromatic N) is 3. The highest BCUT2D eigenvalue weighted by Gasteiger charge is 2.17. The zero-order valence-corrected chi connectivity index (χ0v) is 14.0. The van der Waals surface area contributed by atoms with Gasteiger partial charge in [0, 0.05) is 6.20 Å². The normalized spacial score (nSPS) is 11.6. The van der Waals surface area contributed by atoms with Crippen molar-refractivity contribution in [2.75, 3.05) is 12.4 Å². The number of hydrogen-bond acceptors (Lipinski definition) is 6. The molecule has 126 valence electrons. The van der Waals surface area contributed by atoms with Gasteiger partial charge in [0.1, 0.15) is 5.82 Å². The number of rotatable bonds is 5. The van der Waals surface area contributed by atoms with Crippen molar-refractivity contribution in [2.45, 2.75) is 13.0 Å². The number of esters is 1. The average molecular weight is 334 g/mol. The van der Waals surface area contributed by atoms with Crippen LogP contribution in [0.3, 0.4) is 0 Å². The lowest BCUT2D eigenvalue weighted by Gasteiger charge is -2.19. The molecular weight excluding hydrogens is 316 g/mol. The number of aryl methyl sites for hydroxylation is 1. The number of pyridine rings is 1. The van der Waals surface area contributed by atoms with Crippen LogP contribution >= 0.6 is 0 Å². The van der Waals surface area contributed by atoms with Crippen LogP contribution in [0.15, 0.2) is 60.8 Å². The molecule has 3 rings (SSSR count). The van der Waals surface area contributed by atoms with Gasteiger partial charge in [0.25, 0.3) is 0 Å². The molecule has 0 spiro atoms. The largest absolute Gasteiger partial charge is 0.464 e. The molecule has 1 aromatic carbocycles. The van der Waals surface area contributed by atoms with Crippen LogP contribution < -0.4 is 5.32 Å². The van der Waals surface area contributed by atoms with Crippen LogP contribution in [-0.4, -0.2) is 28.3 Å². The fourth-order valence-corrected chi connectivity index (χ4v) is 2.50. The van der Waals surface area contributed by atoms with E-state index in [0.29, 0.717) is 5.82 Å². The van der Waals surface area contributed by atoms with Crippen molar-refractivity contribution in [3.63, 3.8) is 0 Å². The quantitative estimate of drug-likeness (QED) is 0.722. The second kappa shape index (κ2) is 7.53. The van der Waals surface area contributed by atoms with E-state index >= 15 is 0 Å². The Hall–Kier alpha value is -3.28. The molecule has 3 aromatic rings. The molecule has 2 aromatic heterocycles. The Morgan fingerprint density at radius 3 is 2.60 bits per heavy atom. The monoisotopic (exact) mass is 334 g/mol. The fraction of sp³-hybridized carbons (Fsp3) is 0.158. The van der Waals surface area contributed by atoms with Crippen LogP contribution in [0.25, 0.3) is 0 Å². The number of anilines is 1. The lowest BCUT2D eigenvalue weighted by atomic mass is 10.0. The summed E-state index contributed by atoms with van der Waals surface area (Å²) in [6.45, 7) is 2.05. The summed E-state index contributed by atoms with van der Waals surface area (Å²) < 4.78 is 4.64. The smallest absolute Gasteiger partial charge is 0.358 e.